The van der Waals surface area contributed by atoms with E-state index in [2.05, 4.69) is 12.2 Å². The van der Waals surface area contributed by atoms with Crippen molar-refractivity contribution < 1.29 is 4.79 Å². The van der Waals surface area contributed by atoms with E-state index in [9.17, 15) is 4.79 Å². The maximum atomic E-state index is 12.4. The van der Waals surface area contributed by atoms with Crippen molar-refractivity contribution in [2.24, 2.45) is 5.41 Å². The molecular weight excluding hydrogens is 186 g/mol. The topological polar surface area (TPSA) is 29.1 Å². The van der Waals surface area contributed by atoms with Crippen molar-refractivity contribution in [3.8, 4) is 0 Å². The average Bonchev–Trinajstić information content (AvgIpc) is 2.79. The Labute approximate surface area is 90.7 Å². The van der Waals surface area contributed by atoms with Crippen molar-refractivity contribution in [3.63, 3.8) is 0 Å². The molecule has 0 bridgehead atoms. The molecular formula is C13H17NO. The molecule has 1 unspecified atom stereocenters. The van der Waals surface area contributed by atoms with Crippen molar-refractivity contribution in [1.29, 1.82) is 0 Å². The van der Waals surface area contributed by atoms with Gasteiger partial charge in [-0.3, -0.25) is 4.79 Å². The van der Waals surface area contributed by atoms with Crippen LogP contribution in [0.4, 0.5) is 0 Å². The van der Waals surface area contributed by atoms with Crippen LogP contribution in [0, 0.1) is 5.41 Å². The van der Waals surface area contributed by atoms with Gasteiger partial charge in [0.2, 0.25) is 0 Å². The predicted octanol–water partition coefficient (Wildman–Crippen LogP) is 2.26. The van der Waals surface area contributed by atoms with Gasteiger partial charge in [-0.15, -0.1) is 0 Å². The minimum absolute atomic E-state index is 0.151. The van der Waals surface area contributed by atoms with Gasteiger partial charge in [-0.1, -0.05) is 37.3 Å². The SMILES string of the molecule is CCC1(C(=O)c2ccccc2)CCNC1. The van der Waals surface area contributed by atoms with Crippen molar-refractivity contribution >= 4 is 5.78 Å². The van der Waals surface area contributed by atoms with E-state index in [0.29, 0.717) is 5.78 Å². The van der Waals surface area contributed by atoms with Gasteiger partial charge in [0.05, 0.1) is 0 Å². The summed E-state index contributed by atoms with van der Waals surface area (Å²) in [5.41, 5.74) is 0.699. The van der Waals surface area contributed by atoms with E-state index >= 15 is 0 Å². The Balaban J connectivity index is 2.27. The summed E-state index contributed by atoms with van der Waals surface area (Å²) < 4.78 is 0. The summed E-state index contributed by atoms with van der Waals surface area (Å²) in [4.78, 5) is 12.4. The van der Waals surface area contributed by atoms with Gasteiger partial charge in [0, 0.05) is 17.5 Å². The molecule has 80 valence electrons. The Bertz CT molecular complexity index is 339. The number of nitrogens with one attached hydrogen (secondary N) is 1. The third-order valence-electron chi connectivity index (χ3n) is 3.44. The fraction of sp³-hybridized carbons (Fsp3) is 0.462. The van der Waals surface area contributed by atoms with Crippen LogP contribution in [0.25, 0.3) is 0 Å². The van der Waals surface area contributed by atoms with Crippen molar-refractivity contribution in [1.82, 2.24) is 5.32 Å². The van der Waals surface area contributed by atoms with Crippen LogP contribution in [0.3, 0.4) is 0 Å². The van der Waals surface area contributed by atoms with Gasteiger partial charge in [-0.05, 0) is 19.4 Å². The summed E-state index contributed by atoms with van der Waals surface area (Å²) in [6.07, 6.45) is 1.89. The van der Waals surface area contributed by atoms with E-state index in [0.717, 1.165) is 31.5 Å². The maximum Gasteiger partial charge on any atom is 0.170 e. The highest BCUT2D eigenvalue weighted by molar-refractivity contribution is 6.00. The first-order valence-electron chi connectivity index (χ1n) is 5.59. The molecule has 1 N–H and O–H groups in total. The smallest absolute Gasteiger partial charge is 0.170 e. The quantitative estimate of drug-likeness (QED) is 0.763. The molecule has 15 heavy (non-hydrogen) atoms. The third kappa shape index (κ3) is 1.82. The van der Waals surface area contributed by atoms with Crippen molar-refractivity contribution in [2.45, 2.75) is 19.8 Å². The van der Waals surface area contributed by atoms with Gasteiger partial charge in [-0.25, -0.2) is 0 Å². The molecule has 0 saturated carbocycles. The summed E-state index contributed by atoms with van der Waals surface area (Å²) in [5.74, 6) is 0.301. The lowest BCUT2D eigenvalue weighted by molar-refractivity contribution is 0.0810. The lowest BCUT2D eigenvalue weighted by Gasteiger charge is -2.24. The second kappa shape index (κ2) is 4.15. The first-order chi connectivity index (χ1) is 7.28. The monoisotopic (exact) mass is 203 g/mol. The van der Waals surface area contributed by atoms with Crippen molar-refractivity contribution in [2.75, 3.05) is 13.1 Å². The highest BCUT2D eigenvalue weighted by Gasteiger charge is 2.39. The molecule has 0 spiro atoms. The number of hydrogen-bond donors (Lipinski definition) is 1. The molecule has 2 rings (SSSR count). The highest BCUT2D eigenvalue weighted by Crippen LogP contribution is 2.33. The molecule has 0 aliphatic carbocycles. The molecule has 0 aromatic heterocycles. The number of carbonyl (C=O) groups excluding carboxylic acids is 1. The zero-order valence-corrected chi connectivity index (χ0v) is 9.12. The van der Waals surface area contributed by atoms with Crippen LogP contribution in [-0.2, 0) is 0 Å². The number of Topliss-reactive ketones (excluding diaryl/α,β-unsaturated/α-hetero) is 1. The fourth-order valence-corrected chi connectivity index (χ4v) is 2.30. The predicted molar refractivity (Wildman–Crippen MR) is 61.0 cm³/mol. The normalized spacial score (nSPS) is 25.4. The summed E-state index contributed by atoms with van der Waals surface area (Å²) in [6.45, 7) is 3.90. The fourth-order valence-electron chi connectivity index (χ4n) is 2.30. The summed E-state index contributed by atoms with van der Waals surface area (Å²) in [7, 11) is 0. The number of rotatable bonds is 3. The van der Waals surface area contributed by atoms with Crippen LogP contribution in [0.15, 0.2) is 30.3 Å². The largest absolute Gasteiger partial charge is 0.316 e. The molecule has 2 nitrogen and oxygen atoms in total. The van der Waals surface area contributed by atoms with Crippen LogP contribution in [-0.4, -0.2) is 18.9 Å². The lowest BCUT2D eigenvalue weighted by Crippen LogP contribution is -2.32. The Morgan fingerprint density at radius 1 is 1.40 bits per heavy atom. The number of hydrogen-bond acceptors (Lipinski definition) is 2. The molecule has 0 amide bonds. The molecule has 1 fully saturated rings. The van der Waals surface area contributed by atoms with Gasteiger partial charge in [-0.2, -0.15) is 0 Å². The Hall–Kier alpha value is -1.15. The van der Waals surface area contributed by atoms with Crippen LogP contribution in [0.2, 0.25) is 0 Å². The summed E-state index contributed by atoms with van der Waals surface area (Å²) in [5, 5.41) is 3.29. The van der Waals surface area contributed by atoms with Gasteiger partial charge in [0.25, 0.3) is 0 Å². The zero-order chi connectivity index (χ0) is 10.7. The van der Waals surface area contributed by atoms with E-state index in [1.165, 1.54) is 0 Å². The van der Waals surface area contributed by atoms with Gasteiger partial charge >= 0.3 is 0 Å². The van der Waals surface area contributed by atoms with Crippen LogP contribution >= 0.6 is 0 Å². The Morgan fingerprint density at radius 2 is 2.13 bits per heavy atom. The summed E-state index contributed by atoms with van der Waals surface area (Å²) in [6, 6.07) is 9.64. The van der Waals surface area contributed by atoms with Gasteiger partial charge < -0.3 is 5.32 Å². The second-order valence-electron chi connectivity index (χ2n) is 4.26. The molecule has 1 aliphatic rings. The maximum absolute atomic E-state index is 12.4. The van der Waals surface area contributed by atoms with E-state index in [1.807, 2.05) is 30.3 Å². The third-order valence-corrected chi connectivity index (χ3v) is 3.44. The molecule has 0 radical (unpaired) electrons. The van der Waals surface area contributed by atoms with Gasteiger partial charge in [0.1, 0.15) is 0 Å². The van der Waals surface area contributed by atoms with Crippen LogP contribution < -0.4 is 5.32 Å². The molecule has 1 aromatic rings. The van der Waals surface area contributed by atoms with Gasteiger partial charge in [0.15, 0.2) is 5.78 Å². The first kappa shape index (κ1) is 10.4. The zero-order valence-electron chi connectivity index (χ0n) is 9.12. The number of benzene rings is 1. The van der Waals surface area contributed by atoms with Crippen molar-refractivity contribution in [3.05, 3.63) is 35.9 Å². The molecule has 1 aliphatic heterocycles. The number of carbonyl (C=O) groups is 1. The number of ketones is 1. The van der Waals surface area contributed by atoms with Crippen LogP contribution in [0.5, 0.6) is 0 Å². The standard InChI is InChI=1S/C13H17NO/c1-2-13(8-9-14-10-13)12(15)11-6-4-3-5-7-11/h3-7,14H,2,8-10H2,1H3. The van der Waals surface area contributed by atoms with E-state index in [1.54, 1.807) is 0 Å². The minimum Gasteiger partial charge on any atom is -0.316 e. The lowest BCUT2D eigenvalue weighted by atomic mass is 9.77. The Kier molecular flexibility index (Phi) is 2.87. The molecule has 1 heterocycles. The van der Waals surface area contributed by atoms with E-state index in [4.69, 9.17) is 0 Å². The average molecular weight is 203 g/mol. The second-order valence-corrected chi connectivity index (χ2v) is 4.26. The summed E-state index contributed by atoms with van der Waals surface area (Å²) >= 11 is 0. The Morgan fingerprint density at radius 3 is 2.67 bits per heavy atom. The van der Waals surface area contributed by atoms with E-state index < -0.39 is 0 Å². The molecule has 1 saturated heterocycles. The molecule has 2 heteroatoms. The first-order valence-corrected chi connectivity index (χ1v) is 5.59. The molecule has 1 aromatic carbocycles. The van der Waals surface area contributed by atoms with E-state index in [-0.39, 0.29) is 5.41 Å². The minimum atomic E-state index is -0.151. The molecule has 1 atom stereocenters. The van der Waals surface area contributed by atoms with Crippen LogP contribution in [0.1, 0.15) is 30.1 Å². The highest BCUT2D eigenvalue weighted by atomic mass is 16.1.